The zero-order valence-electron chi connectivity index (χ0n) is 22.2. The summed E-state index contributed by atoms with van der Waals surface area (Å²) in [5, 5.41) is 0.659. The van der Waals surface area contributed by atoms with Crippen LogP contribution in [0.1, 0.15) is 54.6 Å². The van der Waals surface area contributed by atoms with E-state index in [0.29, 0.717) is 30.3 Å². The van der Waals surface area contributed by atoms with Gasteiger partial charge in [-0.05, 0) is 94.9 Å². The fraction of sp³-hybridized carbons (Fsp3) is 0.481. The lowest BCUT2D eigenvalue weighted by molar-refractivity contribution is 0.0986. The van der Waals surface area contributed by atoms with Crippen molar-refractivity contribution in [2.45, 2.75) is 51.9 Å². The van der Waals surface area contributed by atoms with E-state index in [1.807, 2.05) is 27.9 Å². The zero-order valence-corrected chi connectivity index (χ0v) is 23.9. The summed E-state index contributed by atoms with van der Waals surface area (Å²) in [6, 6.07) is 10.5. The number of thiazole rings is 1. The van der Waals surface area contributed by atoms with Gasteiger partial charge in [0.15, 0.2) is 5.13 Å². The number of rotatable bonds is 12. The molecular weight excluding hydrogens is 492 g/mol. The van der Waals surface area contributed by atoms with E-state index in [2.05, 4.69) is 30.9 Å². The Bertz CT molecular complexity index is 1250. The quantitative estimate of drug-likeness (QED) is 0.317. The number of anilines is 1. The minimum Gasteiger partial charge on any atom is -0.309 e. The van der Waals surface area contributed by atoms with E-state index in [4.69, 9.17) is 4.98 Å². The molecule has 0 fully saturated rings. The second-order valence-electron chi connectivity index (χ2n) is 9.39. The Morgan fingerprint density at radius 3 is 2.22 bits per heavy atom. The molecule has 0 aliphatic carbocycles. The summed E-state index contributed by atoms with van der Waals surface area (Å²) >= 11 is 1.51. The van der Waals surface area contributed by atoms with Gasteiger partial charge in [0.2, 0.25) is 10.0 Å². The van der Waals surface area contributed by atoms with Gasteiger partial charge in [0.25, 0.3) is 5.91 Å². The largest absolute Gasteiger partial charge is 0.309 e. The lowest BCUT2D eigenvalue weighted by Crippen LogP contribution is -2.34. The summed E-state index contributed by atoms with van der Waals surface area (Å²) in [7, 11) is 0.422. The molecule has 0 radical (unpaired) electrons. The lowest BCUT2D eigenvalue weighted by atomic mass is 10.1. The average molecular weight is 531 g/mol. The van der Waals surface area contributed by atoms with Gasteiger partial charge in [-0.1, -0.05) is 31.6 Å². The van der Waals surface area contributed by atoms with Crippen LogP contribution in [0.5, 0.6) is 0 Å². The van der Waals surface area contributed by atoms with Crippen LogP contribution in [-0.4, -0.2) is 68.8 Å². The van der Waals surface area contributed by atoms with E-state index < -0.39 is 10.0 Å². The number of unbranched alkanes of at least 4 members (excludes halogenated alkanes) is 1. The number of sulfonamides is 1. The van der Waals surface area contributed by atoms with Crippen molar-refractivity contribution in [1.82, 2.24) is 14.2 Å². The predicted molar refractivity (Wildman–Crippen MR) is 150 cm³/mol. The number of hydrogen-bond acceptors (Lipinski definition) is 6. The molecule has 0 N–H and O–H groups in total. The second-order valence-corrected chi connectivity index (χ2v) is 12.3. The van der Waals surface area contributed by atoms with Crippen molar-refractivity contribution >= 4 is 42.6 Å². The van der Waals surface area contributed by atoms with Crippen LogP contribution >= 0.6 is 11.3 Å². The maximum absolute atomic E-state index is 13.6. The van der Waals surface area contributed by atoms with Gasteiger partial charge >= 0.3 is 0 Å². The molecule has 0 aliphatic rings. The van der Waals surface area contributed by atoms with Gasteiger partial charge in [-0.3, -0.25) is 9.69 Å². The number of carbonyl (C=O) groups is 1. The van der Waals surface area contributed by atoms with E-state index in [-0.39, 0.29) is 10.8 Å². The topological polar surface area (TPSA) is 73.8 Å². The molecule has 3 rings (SSSR count). The fourth-order valence-electron chi connectivity index (χ4n) is 3.97. The van der Waals surface area contributed by atoms with Gasteiger partial charge in [-0.2, -0.15) is 4.31 Å². The van der Waals surface area contributed by atoms with E-state index >= 15 is 0 Å². The number of aryl methyl sites for hydroxylation is 2. The number of carbonyl (C=O) groups excluding carboxylic acids is 1. The number of benzene rings is 2. The molecule has 1 heterocycles. The van der Waals surface area contributed by atoms with Crippen LogP contribution in [0.4, 0.5) is 5.13 Å². The Hall–Kier alpha value is -2.33. The van der Waals surface area contributed by atoms with E-state index in [1.54, 1.807) is 29.2 Å². The third-order valence-electron chi connectivity index (χ3n) is 6.31. The van der Waals surface area contributed by atoms with Crippen LogP contribution in [0.15, 0.2) is 41.3 Å². The van der Waals surface area contributed by atoms with Gasteiger partial charge in [-0.25, -0.2) is 13.4 Å². The lowest BCUT2D eigenvalue weighted by Gasteiger charge is -2.22. The van der Waals surface area contributed by atoms with Crippen LogP contribution in [0.25, 0.3) is 10.2 Å². The summed E-state index contributed by atoms with van der Waals surface area (Å²) in [5.41, 5.74) is 3.69. The molecule has 7 nitrogen and oxygen atoms in total. The number of nitrogens with zero attached hydrogens (tertiary/aromatic N) is 4. The maximum atomic E-state index is 13.6. The van der Waals surface area contributed by atoms with Gasteiger partial charge in [0, 0.05) is 25.2 Å². The summed E-state index contributed by atoms with van der Waals surface area (Å²) in [6.45, 7) is 10.3. The molecule has 36 heavy (non-hydrogen) atoms. The van der Waals surface area contributed by atoms with Gasteiger partial charge in [0.05, 0.1) is 15.1 Å². The molecule has 0 saturated heterocycles. The van der Waals surface area contributed by atoms with Crippen molar-refractivity contribution in [3.63, 3.8) is 0 Å². The molecule has 1 amide bonds. The molecule has 2 aromatic carbocycles. The highest BCUT2D eigenvalue weighted by molar-refractivity contribution is 7.89. The van der Waals surface area contributed by atoms with Gasteiger partial charge in [-0.15, -0.1) is 0 Å². The fourth-order valence-corrected chi connectivity index (χ4v) is 6.53. The van der Waals surface area contributed by atoms with E-state index in [0.717, 1.165) is 36.0 Å². The SMILES string of the molecule is CCCCN(CC)S(=O)(=O)c1ccc(C(=O)N(CCCN(C)C)c2nc3cc(C)c(C)cc3s2)cc1. The van der Waals surface area contributed by atoms with Crippen molar-refractivity contribution < 1.29 is 13.2 Å². The highest BCUT2D eigenvalue weighted by atomic mass is 32.2. The number of aromatic nitrogens is 1. The van der Waals surface area contributed by atoms with Crippen LogP contribution in [0, 0.1) is 13.8 Å². The molecular formula is C27H38N4O3S2. The molecule has 0 spiro atoms. The van der Waals surface area contributed by atoms with Gasteiger partial charge < -0.3 is 4.90 Å². The Morgan fingerprint density at radius 2 is 1.61 bits per heavy atom. The van der Waals surface area contributed by atoms with Crippen LogP contribution in [0.2, 0.25) is 0 Å². The first-order chi connectivity index (χ1) is 17.1. The summed E-state index contributed by atoms with van der Waals surface area (Å²) in [6.07, 6.45) is 2.53. The monoisotopic (exact) mass is 530 g/mol. The molecule has 1 aromatic heterocycles. The van der Waals surface area contributed by atoms with Crippen LogP contribution in [-0.2, 0) is 10.0 Å². The predicted octanol–water partition coefficient (Wildman–Crippen LogP) is 5.32. The van der Waals surface area contributed by atoms with E-state index in [9.17, 15) is 13.2 Å². The average Bonchev–Trinajstić information content (AvgIpc) is 3.24. The summed E-state index contributed by atoms with van der Waals surface area (Å²) in [4.78, 5) is 22.5. The second kappa shape index (κ2) is 12.3. The number of fused-ring (bicyclic) bond motifs is 1. The Morgan fingerprint density at radius 1 is 0.944 bits per heavy atom. The minimum absolute atomic E-state index is 0.177. The smallest absolute Gasteiger partial charge is 0.260 e. The third-order valence-corrected chi connectivity index (χ3v) is 9.34. The Kier molecular flexibility index (Phi) is 9.63. The van der Waals surface area contributed by atoms with Crippen molar-refractivity contribution in [1.29, 1.82) is 0 Å². The Balaban J connectivity index is 1.91. The molecule has 196 valence electrons. The summed E-state index contributed by atoms with van der Waals surface area (Å²) < 4.78 is 28.7. The normalized spacial score (nSPS) is 12.1. The first-order valence-electron chi connectivity index (χ1n) is 12.5. The number of amides is 1. The van der Waals surface area contributed by atoms with Crippen LogP contribution in [0.3, 0.4) is 0 Å². The standard InChI is InChI=1S/C27H38N4O3S2/c1-7-9-16-30(8-2)36(33,34)23-13-11-22(12-14-23)26(32)31(17-10-15-29(5)6)27-28-24-18-20(3)21(4)19-25(24)35-27/h11-14,18-19H,7-10,15-17H2,1-6H3. The highest BCUT2D eigenvalue weighted by Gasteiger charge is 2.25. The van der Waals surface area contributed by atoms with Crippen molar-refractivity contribution in [2.75, 3.05) is 45.2 Å². The van der Waals surface area contributed by atoms with Crippen molar-refractivity contribution in [2.24, 2.45) is 0 Å². The zero-order chi connectivity index (χ0) is 26.5. The minimum atomic E-state index is -3.59. The first kappa shape index (κ1) is 28.2. The molecule has 0 unspecified atom stereocenters. The first-order valence-corrected chi connectivity index (χ1v) is 14.8. The van der Waals surface area contributed by atoms with E-state index in [1.165, 1.54) is 26.8 Å². The molecule has 0 bridgehead atoms. The molecule has 0 aliphatic heterocycles. The van der Waals surface area contributed by atoms with Crippen molar-refractivity contribution in [3.8, 4) is 0 Å². The molecule has 3 aromatic rings. The molecule has 0 saturated carbocycles. The van der Waals surface area contributed by atoms with Gasteiger partial charge in [0.1, 0.15) is 0 Å². The maximum Gasteiger partial charge on any atom is 0.260 e. The highest BCUT2D eigenvalue weighted by Crippen LogP contribution is 2.32. The number of hydrogen-bond donors (Lipinski definition) is 0. The van der Waals surface area contributed by atoms with Crippen LogP contribution < -0.4 is 4.90 Å². The van der Waals surface area contributed by atoms with Crippen molar-refractivity contribution in [3.05, 3.63) is 53.1 Å². The summed E-state index contributed by atoms with van der Waals surface area (Å²) in [5.74, 6) is -0.177. The Labute approximate surface area is 219 Å². The molecule has 0 atom stereocenters. The molecule has 9 heteroatoms. The third kappa shape index (κ3) is 6.51.